The Morgan fingerprint density at radius 2 is 1.78 bits per heavy atom. The van der Waals surface area contributed by atoms with E-state index in [1.54, 1.807) is 16.9 Å². The van der Waals surface area contributed by atoms with Gasteiger partial charge in [-0.1, -0.05) is 5.16 Å². The van der Waals surface area contributed by atoms with Crippen molar-refractivity contribution in [3.05, 3.63) is 89.7 Å². The number of aromatic nitrogens is 5. The van der Waals surface area contributed by atoms with Crippen molar-refractivity contribution in [2.24, 2.45) is 5.14 Å². The molecule has 1 saturated heterocycles. The third-order valence-electron chi connectivity index (χ3n) is 8.49. The van der Waals surface area contributed by atoms with Crippen LogP contribution in [0.2, 0.25) is 0 Å². The summed E-state index contributed by atoms with van der Waals surface area (Å²) in [5.74, 6) is 0.106. The van der Waals surface area contributed by atoms with Gasteiger partial charge >= 0.3 is 12.3 Å². The molecule has 2 fully saturated rings. The van der Waals surface area contributed by atoms with Crippen LogP contribution in [0.4, 0.5) is 19.0 Å². The van der Waals surface area contributed by atoms with E-state index in [1.807, 2.05) is 19.1 Å². The molecule has 5 aromatic rings. The van der Waals surface area contributed by atoms with Gasteiger partial charge in [0.15, 0.2) is 11.9 Å². The molecule has 266 valence electrons. The van der Waals surface area contributed by atoms with Crippen molar-refractivity contribution in [2.45, 2.75) is 49.8 Å². The van der Waals surface area contributed by atoms with Crippen LogP contribution < -0.4 is 14.8 Å². The van der Waals surface area contributed by atoms with Crippen LogP contribution in [0.15, 0.2) is 82.3 Å². The number of nitrogens with two attached hydrogens (primary N) is 1. The van der Waals surface area contributed by atoms with Gasteiger partial charge in [0.2, 0.25) is 15.8 Å². The topological polar surface area (TPSA) is 172 Å². The quantitative estimate of drug-likeness (QED) is 0.202. The normalized spacial score (nSPS) is 17.0. The minimum Gasteiger partial charge on any atom is -0.441 e. The minimum atomic E-state index is -4.79. The van der Waals surface area contributed by atoms with Gasteiger partial charge in [0.1, 0.15) is 11.6 Å². The number of alkyl halides is 3. The molecule has 0 spiro atoms. The molecule has 2 aromatic carbocycles. The molecule has 1 unspecified atom stereocenters. The number of sulfonamides is 1. The zero-order chi connectivity index (χ0) is 35.9. The summed E-state index contributed by atoms with van der Waals surface area (Å²) in [6.07, 6.45) is -1.58. The van der Waals surface area contributed by atoms with E-state index in [1.165, 1.54) is 48.5 Å². The number of pyridine rings is 1. The van der Waals surface area contributed by atoms with Crippen molar-refractivity contribution in [3.8, 4) is 28.7 Å². The lowest BCUT2D eigenvalue weighted by molar-refractivity contribution is -0.274. The minimum absolute atomic E-state index is 0.0931. The molecule has 18 heteroatoms. The maximum absolute atomic E-state index is 13.1. The van der Waals surface area contributed by atoms with Crippen molar-refractivity contribution >= 4 is 21.8 Å². The summed E-state index contributed by atoms with van der Waals surface area (Å²) in [4.78, 5) is 26.2. The molecule has 1 saturated carbocycles. The van der Waals surface area contributed by atoms with Gasteiger partial charge in [0, 0.05) is 36.6 Å². The molecular formula is C33H31F3N8O6S. The van der Waals surface area contributed by atoms with Gasteiger partial charge in [-0.25, -0.2) is 23.3 Å². The molecule has 51 heavy (non-hydrogen) atoms. The van der Waals surface area contributed by atoms with Crippen LogP contribution in [0.5, 0.6) is 5.75 Å². The largest absolute Gasteiger partial charge is 0.573 e. The lowest BCUT2D eigenvalue weighted by Crippen LogP contribution is -2.55. The molecule has 1 aliphatic carbocycles. The van der Waals surface area contributed by atoms with E-state index < -0.39 is 28.6 Å². The summed E-state index contributed by atoms with van der Waals surface area (Å²) in [6.45, 7) is 4.01. The van der Waals surface area contributed by atoms with Gasteiger partial charge in [0.25, 0.3) is 5.89 Å². The number of aryl methyl sites for hydroxylation is 1. The second-order valence-corrected chi connectivity index (χ2v) is 13.8. The highest BCUT2D eigenvalue weighted by molar-refractivity contribution is 7.89. The zero-order valence-electron chi connectivity index (χ0n) is 27.0. The Kier molecular flexibility index (Phi) is 8.98. The summed E-state index contributed by atoms with van der Waals surface area (Å²) in [6, 6.07) is 16.4. The summed E-state index contributed by atoms with van der Waals surface area (Å²) in [5.41, 5.74) is 2.82. The predicted octanol–water partition coefficient (Wildman–Crippen LogP) is 4.37. The average Bonchev–Trinajstić information content (AvgIpc) is 3.70. The highest BCUT2D eigenvalue weighted by atomic mass is 32.2. The first-order valence-electron chi connectivity index (χ1n) is 15.8. The van der Waals surface area contributed by atoms with Crippen molar-refractivity contribution in [1.82, 2.24) is 29.8 Å². The molecule has 2 aliphatic rings. The van der Waals surface area contributed by atoms with Crippen LogP contribution in [0.3, 0.4) is 0 Å². The first-order valence-corrected chi connectivity index (χ1v) is 17.4. The Balaban J connectivity index is 1.02. The Morgan fingerprint density at radius 3 is 2.47 bits per heavy atom. The molecule has 1 aliphatic heterocycles. The van der Waals surface area contributed by atoms with Gasteiger partial charge in [0.05, 0.1) is 23.5 Å². The molecule has 1 atom stereocenters. The Morgan fingerprint density at radius 1 is 1.04 bits per heavy atom. The zero-order valence-corrected chi connectivity index (χ0v) is 27.8. The van der Waals surface area contributed by atoms with E-state index >= 15 is 0 Å². The monoisotopic (exact) mass is 724 g/mol. The van der Waals surface area contributed by atoms with Crippen LogP contribution in [0.1, 0.15) is 34.5 Å². The number of halogens is 3. The fourth-order valence-corrected chi connectivity index (χ4v) is 6.32. The molecule has 4 heterocycles. The van der Waals surface area contributed by atoms with E-state index in [4.69, 9.17) is 14.4 Å². The number of anilines is 1. The maximum atomic E-state index is 13.1. The number of nitrogens with zero attached hydrogens (tertiary/aromatic N) is 7. The number of piperazine rings is 1. The van der Waals surface area contributed by atoms with Crippen molar-refractivity contribution < 1.29 is 40.4 Å². The van der Waals surface area contributed by atoms with E-state index in [2.05, 4.69) is 34.8 Å². The highest BCUT2D eigenvalue weighted by Crippen LogP contribution is 2.32. The highest BCUT2D eigenvalue weighted by Gasteiger charge is 2.40. The SMILES string of the molecule is Cc1cc(-c2nc(-c3ccc(OC(F)(F)F)cc3)no2)nn1Cc1ccnc(N2CCN(C3CC3)C(OC(=O)c3ccc(S(N)(=O)=O)cc3)C2)c1. The van der Waals surface area contributed by atoms with Crippen LogP contribution in [-0.2, 0) is 21.3 Å². The standard InChI is InChI=1S/C33H31F3N8O6S/c1-20-16-27(31-39-30(41-50-31)22-2-8-25(9-3-22)49-33(34,35)36)40-44(20)18-21-12-13-38-28(17-21)42-14-15-43(24-6-7-24)29(19-42)48-32(45)23-4-10-26(11-5-23)51(37,46)47/h2-5,8-13,16-17,24,29H,6-7,14-15,18-19H2,1H3,(H2,37,46,47). The number of esters is 1. The van der Waals surface area contributed by atoms with Crippen molar-refractivity contribution in [3.63, 3.8) is 0 Å². The molecule has 0 radical (unpaired) electrons. The van der Waals surface area contributed by atoms with E-state index in [9.17, 15) is 26.4 Å². The Labute approximate surface area is 289 Å². The number of rotatable bonds is 10. The fraction of sp³-hybridized carbons (Fsp3) is 0.303. The molecule has 2 N–H and O–H groups in total. The number of carbonyl (C=O) groups is 1. The first-order chi connectivity index (χ1) is 24.3. The van der Waals surface area contributed by atoms with Gasteiger partial charge in [-0.3, -0.25) is 9.58 Å². The van der Waals surface area contributed by atoms with Gasteiger partial charge in [-0.15, -0.1) is 13.2 Å². The van der Waals surface area contributed by atoms with Crippen LogP contribution in [0.25, 0.3) is 23.0 Å². The summed E-state index contributed by atoms with van der Waals surface area (Å²) < 4.78 is 77.8. The van der Waals surface area contributed by atoms with E-state index in [-0.39, 0.29) is 27.9 Å². The summed E-state index contributed by atoms with van der Waals surface area (Å²) >= 11 is 0. The van der Waals surface area contributed by atoms with E-state index in [0.717, 1.165) is 24.1 Å². The smallest absolute Gasteiger partial charge is 0.441 e. The number of ether oxygens (including phenoxy) is 2. The van der Waals surface area contributed by atoms with Gasteiger partial charge < -0.3 is 18.9 Å². The second kappa shape index (κ2) is 13.4. The summed E-state index contributed by atoms with van der Waals surface area (Å²) in [7, 11) is -3.89. The Bertz CT molecular complexity index is 2150. The Hall–Kier alpha value is -5.33. The molecule has 14 nitrogen and oxygen atoms in total. The van der Waals surface area contributed by atoms with E-state index in [0.29, 0.717) is 49.3 Å². The number of carbonyl (C=O) groups excluding carboxylic acids is 1. The third kappa shape index (κ3) is 8.03. The van der Waals surface area contributed by atoms with Gasteiger partial charge in [-0.2, -0.15) is 10.1 Å². The van der Waals surface area contributed by atoms with Crippen molar-refractivity contribution in [1.29, 1.82) is 0 Å². The fourth-order valence-electron chi connectivity index (χ4n) is 5.80. The average molecular weight is 725 g/mol. The second-order valence-electron chi connectivity index (χ2n) is 12.2. The first kappa shape index (κ1) is 34.1. The molecule has 3 aromatic heterocycles. The molecule has 7 rings (SSSR count). The number of primary sulfonamides is 1. The lowest BCUT2D eigenvalue weighted by atomic mass is 10.2. The van der Waals surface area contributed by atoms with Crippen LogP contribution in [-0.4, -0.2) is 82.5 Å². The van der Waals surface area contributed by atoms with Crippen molar-refractivity contribution in [2.75, 3.05) is 24.5 Å². The number of benzene rings is 2. The predicted molar refractivity (Wildman–Crippen MR) is 175 cm³/mol. The molecule has 0 amide bonds. The van der Waals surface area contributed by atoms with Crippen LogP contribution in [0, 0.1) is 6.92 Å². The lowest BCUT2D eigenvalue weighted by Gasteiger charge is -2.41. The number of hydrogen-bond donors (Lipinski definition) is 1. The molecular weight excluding hydrogens is 693 g/mol. The third-order valence-corrected chi connectivity index (χ3v) is 9.42. The molecule has 0 bridgehead atoms. The van der Waals surface area contributed by atoms with Crippen LogP contribution >= 0.6 is 0 Å². The maximum Gasteiger partial charge on any atom is 0.573 e. The van der Waals surface area contributed by atoms with Gasteiger partial charge in [-0.05, 0) is 92.1 Å². The summed E-state index contributed by atoms with van der Waals surface area (Å²) in [5, 5.41) is 13.8. The number of hydrogen-bond acceptors (Lipinski definition) is 12.